The van der Waals surface area contributed by atoms with Crippen molar-refractivity contribution in [1.29, 1.82) is 0 Å². The zero-order valence-electron chi connectivity index (χ0n) is 12.1. The smallest absolute Gasteiger partial charge is 0.141 e. The number of thioether (sulfide) groups is 1. The number of methoxy groups -OCH3 is 1. The second kappa shape index (κ2) is 7.06. The van der Waals surface area contributed by atoms with E-state index in [1.165, 1.54) is 29.9 Å². The van der Waals surface area contributed by atoms with E-state index in [9.17, 15) is 0 Å². The van der Waals surface area contributed by atoms with E-state index in [2.05, 4.69) is 54.3 Å². The Hall–Kier alpha value is -0.870. The summed E-state index contributed by atoms with van der Waals surface area (Å²) in [5, 5.41) is 3.66. The van der Waals surface area contributed by atoms with Gasteiger partial charge in [-0.2, -0.15) is 11.8 Å². The molecule has 0 bridgehead atoms. The number of nitrogens with zero attached hydrogens (tertiary/aromatic N) is 1. The summed E-state index contributed by atoms with van der Waals surface area (Å²) >= 11 is 2.05. The molecule has 4 heteroatoms. The monoisotopic (exact) mass is 280 g/mol. The summed E-state index contributed by atoms with van der Waals surface area (Å²) in [5.41, 5.74) is 2.46. The van der Waals surface area contributed by atoms with Crippen LogP contribution in [-0.2, 0) is 6.54 Å². The number of benzene rings is 1. The standard InChI is InChI=1S/C15H24N2OS/c1-17(2)11-12-4-5-15(18-3)14(10-12)16-13-6-8-19-9-7-13/h4-5,10,13,16H,6-9,11H2,1-3H3. The van der Waals surface area contributed by atoms with Crippen LogP contribution < -0.4 is 10.1 Å². The average molecular weight is 280 g/mol. The van der Waals surface area contributed by atoms with Crippen molar-refractivity contribution in [3.05, 3.63) is 23.8 Å². The summed E-state index contributed by atoms with van der Waals surface area (Å²) in [6.45, 7) is 0.958. The molecule has 1 aromatic carbocycles. The molecule has 1 fully saturated rings. The Morgan fingerprint density at radius 1 is 1.32 bits per heavy atom. The fourth-order valence-electron chi connectivity index (χ4n) is 2.39. The Kier molecular flexibility index (Phi) is 5.40. The summed E-state index contributed by atoms with van der Waals surface area (Å²) in [4.78, 5) is 2.18. The van der Waals surface area contributed by atoms with Crippen LogP contribution in [-0.4, -0.2) is 43.7 Å². The number of nitrogens with one attached hydrogen (secondary N) is 1. The maximum Gasteiger partial charge on any atom is 0.141 e. The van der Waals surface area contributed by atoms with Crippen molar-refractivity contribution in [3.8, 4) is 5.75 Å². The molecule has 1 aliphatic rings. The van der Waals surface area contributed by atoms with Crippen LogP contribution in [0.1, 0.15) is 18.4 Å². The Morgan fingerprint density at radius 3 is 2.68 bits per heavy atom. The molecule has 0 amide bonds. The molecule has 19 heavy (non-hydrogen) atoms. The SMILES string of the molecule is COc1ccc(CN(C)C)cc1NC1CCSCC1. The molecule has 1 aliphatic heterocycles. The third kappa shape index (κ3) is 4.32. The van der Waals surface area contributed by atoms with Gasteiger partial charge in [0.1, 0.15) is 5.75 Å². The highest BCUT2D eigenvalue weighted by molar-refractivity contribution is 7.99. The minimum atomic E-state index is 0.588. The Bertz CT molecular complexity index is 403. The van der Waals surface area contributed by atoms with Gasteiger partial charge in [-0.05, 0) is 56.1 Å². The lowest BCUT2D eigenvalue weighted by molar-refractivity contribution is 0.400. The van der Waals surface area contributed by atoms with E-state index in [1.54, 1.807) is 7.11 Å². The van der Waals surface area contributed by atoms with Gasteiger partial charge in [-0.25, -0.2) is 0 Å². The maximum absolute atomic E-state index is 5.47. The van der Waals surface area contributed by atoms with E-state index in [1.807, 2.05) is 0 Å². The molecule has 0 aliphatic carbocycles. The second-order valence-electron chi connectivity index (χ2n) is 5.30. The first-order valence-electron chi connectivity index (χ1n) is 6.85. The zero-order valence-corrected chi connectivity index (χ0v) is 12.9. The van der Waals surface area contributed by atoms with E-state index >= 15 is 0 Å². The molecule has 3 nitrogen and oxygen atoms in total. The molecule has 0 radical (unpaired) electrons. The van der Waals surface area contributed by atoms with Gasteiger partial charge in [0.2, 0.25) is 0 Å². The quantitative estimate of drug-likeness (QED) is 0.896. The molecule has 1 heterocycles. The van der Waals surface area contributed by atoms with Crippen molar-refractivity contribution in [1.82, 2.24) is 4.90 Å². The third-order valence-corrected chi connectivity index (χ3v) is 4.39. The summed E-state index contributed by atoms with van der Waals surface area (Å²) in [7, 11) is 5.92. The molecule has 1 N–H and O–H groups in total. The van der Waals surface area contributed by atoms with Crippen molar-refractivity contribution < 1.29 is 4.74 Å². The van der Waals surface area contributed by atoms with Gasteiger partial charge in [-0.3, -0.25) is 0 Å². The van der Waals surface area contributed by atoms with Crippen molar-refractivity contribution in [2.45, 2.75) is 25.4 Å². The normalized spacial score (nSPS) is 16.6. The van der Waals surface area contributed by atoms with Crippen LogP contribution in [0.25, 0.3) is 0 Å². The lowest BCUT2D eigenvalue weighted by Crippen LogP contribution is -2.24. The first kappa shape index (κ1) is 14.5. The Balaban J connectivity index is 2.10. The molecule has 106 valence electrons. The van der Waals surface area contributed by atoms with Crippen LogP contribution >= 0.6 is 11.8 Å². The lowest BCUT2D eigenvalue weighted by Gasteiger charge is -2.25. The van der Waals surface area contributed by atoms with Crippen molar-refractivity contribution in [2.75, 3.05) is 38.0 Å². The minimum absolute atomic E-state index is 0.588. The van der Waals surface area contributed by atoms with Crippen LogP contribution in [0.3, 0.4) is 0 Å². The van der Waals surface area contributed by atoms with Crippen LogP contribution in [0.4, 0.5) is 5.69 Å². The van der Waals surface area contributed by atoms with Gasteiger partial charge in [-0.1, -0.05) is 6.07 Å². The van der Waals surface area contributed by atoms with Gasteiger partial charge in [0.05, 0.1) is 12.8 Å². The Morgan fingerprint density at radius 2 is 2.05 bits per heavy atom. The summed E-state index contributed by atoms with van der Waals surface area (Å²) in [6, 6.07) is 7.02. The third-order valence-electron chi connectivity index (χ3n) is 3.34. The predicted molar refractivity (Wildman–Crippen MR) is 84.4 cm³/mol. The molecule has 0 aromatic heterocycles. The first-order valence-corrected chi connectivity index (χ1v) is 8.00. The fourth-order valence-corrected chi connectivity index (χ4v) is 3.50. The number of ether oxygens (including phenoxy) is 1. The van der Waals surface area contributed by atoms with Crippen LogP contribution in [0, 0.1) is 0 Å². The largest absolute Gasteiger partial charge is 0.495 e. The van der Waals surface area contributed by atoms with Gasteiger partial charge >= 0.3 is 0 Å². The van der Waals surface area contributed by atoms with E-state index in [0.29, 0.717) is 6.04 Å². The minimum Gasteiger partial charge on any atom is -0.495 e. The molecule has 2 rings (SSSR count). The first-order chi connectivity index (χ1) is 9.19. The molecule has 1 aromatic rings. The summed E-state index contributed by atoms with van der Waals surface area (Å²) in [6.07, 6.45) is 2.48. The van der Waals surface area contributed by atoms with Gasteiger partial charge in [0, 0.05) is 12.6 Å². The molecule has 0 unspecified atom stereocenters. The maximum atomic E-state index is 5.47. The van der Waals surface area contributed by atoms with Gasteiger partial charge in [0.15, 0.2) is 0 Å². The van der Waals surface area contributed by atoms with E-state index in [4.69, 9.17) is 4.74 Å². The molecule has 0 atom stereocenters. The molecule has 0 saturated carbocycles. The van der Waals surface area contributed by atoms with Crippen molar-refractivity contribution >= 4 is 17.4 Å². The molecule has 0 spiro atoms. The van der Waals surface area contributed by atoms with Crippen molar-refractivity contribution in [2.24, 2.45) is 0 Å². The van der Waals surface area contributed by atoms with Crippen LogP contribution in [0.5, 0.6) is 5.75 Å². The van der Waals surface area contributed by atoms with E-state index in [-0.39, 0.29) is 0 Å². The highest BCUT2D eigenvalue weighted by Gasteiger charge is 2.15. The van der Waals surface area contributed by atoms with Gasteiger partial charge in [-0.15, -0.1) is 0 Å². The number of anilines is 1. The zero-order chi connectivity index (χ0) is 13.7. The molecule has 1 saturated heterocycles. The van der Waals surface area contributed by atoms with Crippen LogP contribution in [0.15, 0.2) is 18.2 Å². The fraction of sp³-hybridized carbons (Fsp3) is 0.600. The summed E-state index contributed by atoms with van der Waals surface area (Å²) < 4.78 is 5.47. The highest BCUT2D eigenvalue weighted by atomic mass is 32.2. The number of rotatable bonds is 5. The van der Waals surface area contributed by atoms with E-state index in [0.717, 1.165) is 18.0 Å². The number of hydrogen-bond acceptors (Lipinski definition) is 4. The van der Waals surface area contributed by atoms with Crippen LogP contribution in [0.2, 0.25) is 0 Å². The number of hydrogen-bond donors (Lipinski definition) is 1. The average Bonchev–Trinajstić information content (AvgIpc) is 2.39. The summed E-state index contributed by atoms with van der Waals surface area (Å²) in [5.74, 6) is 3.47. The second-order valence-corrected chi connectivity index (χ2v) is 6.53. The lowest BCUT2D eigenvalue weighted by atomic mass is 10.1. The Labute approximate surface area is 120 Å². The van der Waals surface area contributed by atoms with Gasteiger partial charge < -0.3 is 15.0 Å². The highest BCUT2D eigenvalue weighted by Crippen LogP contribution is 2.29. The van der Waals surface area contributed by atoms with E-state index < -0.39 is 0 Å². The van der Waals surface area contributed by atoms with Gasteiger partial charge in [0.25, 0.3) is 0 Å². The topological polar surface area (TPSA) is 24.5 Å². The predicted octanol–water partition coefficient (Wildman–Crippen LogP) is 3.06. The molecular formula is C15H24N2OS. The molecular weight excluding hydrogens is 256 g/mol. The van der Waals surface area contributed by atoms with Crippen molar-refractivity contribution in [3.63, 3.8) is 0 Å².